The number of hydrogen-bond acceptors (Lipinski definition) is 3. The molecule has 1 heterocycles. The van der Waals surface area contributed by atoms with E-state index in [0.29, 0.717) is 0 Å². The Morgan fingerprint density at radius 2 is 2.13 bits per heavy atom. The molecule has 0 aromatic carbocycles. The summed E-state index contributed by atoms with van der Waals surface area (Å²) in [5.74, 6) is 0.747. The van der Waals surface area contributed by atoms with E-state index in [2.05, 4.69) is 10.6 Å². The molecule has 0 aliphatic carbocycles. The van der Waals surface area contributed by atoms with Crippen LogP contribution in [0.5, 0.6) is 0 Å². The summed E-state index contributed by atoms with van der Waals surface area (Å²) in [6, 6.07) is 0. The monoisotopic (exact) mass is 214 g/mol. The molecule has 0 spiro atoms. The second-order valence-electron chi connectivity index (χ2n) is 4.77. The minimum Gasteiger partial charge on any atom is -0.389 e. The Morgan fingerprint density at radius 3 is 2.67 bits per heavy atom. The van der Waals surface area contributed by atoms with E-state index in [1.54, 1.807) is 0 Å². The molecule has 15 heavy (non-hydrogen) atoms. The molecule has 1 atom stereocenters. The molecule has 1 rings (SSSR count). The normalized spacial score (nSPS) is 23.0. The van der Waals surface area contributed by atoms with Crippen LogP contribution >= 0.6 is 0 Å². The van der Waals surface area contributed by atoms with Crippen LogP contribution in [0.25, 0.3) is 0 Å². The molecule has 1 unspecified atom stereocenters. The molecule has 1 saturated heterocycles. The fourth-order valence-corrected chi connectivity index (χ4v) is 2.11. The molecule has 0 radical (unpaired) electrons. The second-order valence-corrected chi connectivity index (χ2v) is 4.77. The van der Waals surface area contributed by atoms with Gasteiger partial charge in [-0.25, -0.2) is 0 Å². The first kappa shape index (κ1) is 12.9. The van der Waals surface area contributed by atoms with Gasteiger partial charge in [0.15, 0.2) is 0 Å². The molecule has 1 aliphatic heterocycles. The highest BCUT2D eigenvalue weighted by Gasteiger charge is 2.22. The Hall–Kier alpha value is -0.120. The van der Waals surface area contributed by atoms with Crippen molar-refractivity contribution >= 4 is 0 Å². The van der Waals surface area contributed by atoms with Crippen molar-refractivity contribution < 1.29 is 5.11 Å². The van der Waals surface area contributed by atoms with Crippen LogP contribution in [0.3, 0.4) is 0 Å². The molecule has 0 bridgehead atoms. The van der Waals surface area contributed by atoms with E-state index in [9.17, 15) is 5.11 Å². The Morgan fingerprint density at radius 1 is 1.40 bits per heavy atom. The van der Waals surface area contributed by atoms with Crippen molar-refractivity contribution in [3.8, 4) is 0 Å². The molecule has 3 N–H and O–H groups in total. The van der Waals surface area contributed by atoms with E-state index >= 15 is 0 Å². The van der Waals surface area contributed by atoms with Gasteiger partial charge in [-0.15, -0.1) is 0 Å². The van der Waals surface area contributed by atoms with Gasteiger partial charge < -0.3 is 15.7 Å². The predicted octanol–water partition coefficient (Wildman–Crippen LogP) is 1.13. The highest BCUT2D eigenvalue weighted by Crippen LogP contribution is 2.14. The zero-order chi connectivity index (χ0) is 11.1. The quantitative estimate of drug-likeness (QED) is 0.621. The van der Waals surface area contributed by atoms with Gasteiger partial charge in [0.2, 0.25) is 0 Å². The van der Waals surface area contributed by atoms with Crippen molar-refractivity contribution in [2.24, 2.45) is 5.92 Å². The Kier molecular flexibility index (Phi) is 5.58. The van der Waals surface area contributed by atoms with Crippen molar-refractivity contribution in [1.29, 1.82) is 0 Å². The third-order valence-electron chi connectivity index (χ3n) is 3.60. The van der Waals surface area contributed by atoms with E-state index in [1.165, 1.54) is 19.4 Å². The van der Waals surface area contributed by atoms with E-state index in [0.717, 1.165) is 38.4 Å². The number of piperidine rings is 1. The van der Waals surface area contributed by atoms with E-state index in [-0.39, 0.29) is 0 Å². The predicted molar refractivity (Wildman–Crippen MR) is 64.0 cm³/mol. The molecule has 0 aromatic heterocycles. The fraction of sp³-hybridized carbons (Fsp3) is 1.00. The molecular weight excluding hydrogens is 188 g/mol. The number of rotatable bonds is 6. The zero-order valence-corrected chi connectivity index (χ0v) is 10.2. The minimum atomic E-state index is -0.498. The summed E-state index contributed by atoms with van der Waals surface area (Å²) in [6.07, 6.45) is 4.27. The molecule has 0 amide bonds. The highest BCUT2D eigenvalue weighted by atomic mass is 16.3. The standard InChI is InChI=1S/C12H26N2O/c1-3-12(15,4-2)10-14-9-11-6-5-7-13-8-11/h11,13-15H,3-10H2,1-2H3. The van der Waals surface area contributed by atoms with Gasteiger partial charge in [0.25, 0.3) is 0 Å². The third-order valence-corrected chi connectivity index (χ3v) is 3.60. The van der Waals surface area contributed by atoms with Crippen LogP contribution in [-0.4, -0.2) is 36.9 Å². The van der Waals surface area contributed by atoms with Gasteiger partial charge in [0.05, 0.1) is 5.60 Å². The smallest absolute Gasteiger partial charge is 0.0766 e. The average Bonchev–Trinajstić information content (AvgIpc) is 2.30. The summed E-state index contributed by atoms with van der Waals surface area (Å²) >= 11 is 0. The van der Waals surface area contributed by atoms with Gasteiger partial charge in [-0.2, -0.15) is 0 Å². The lowest BCUT2D eigenvalue weighted by Crippen LogP contribution is -2.43. The molecule has 0 aromatic rings. The molecule has 0 saturated carbocycles. The van der Waals surface area contributed by atoms with Crippen molar-refractivity contribution in [3.63, 3.8) is 0 Å². The first-order chi connectivity index (χ1) is 7.20. The first-order valence-corrected chi connectivity index (χ1v) is 6.34. The number of aliphatic hydroxyl groups is 1. The maximum Gasteiger partial charge on any atom is 0.0766 e. The minimum absolute atomic E-state index is 0.498. The van der Waals surface area contributed by atoms with Crippen LogP contribution in [0, 0.1) is 5.92 Å². The highest BCUT2D eigenvalue weighted by molar-refractivity contribution is 4.79. The Labute approximate surface area is 93.6 Å². The van der Waals surface area contributed by atoms with Gasteiger partial charge in [-0.1, -0.05) is 13.8 Å². The second kappa shape index (κ2) is 6.46. The van der Waals surface area contributed by atoms with Gasteiger partial charge in [-0.05, 0) is 51.2 Å². The Balaban J connectivity index is 2.14. The lowest BCUT2D eigenvalue weighted by atomic mass is 9.96. The van der Waals surface area contributed by atoms with Crippen LogP contribution in [0.1, 0.15) is 39.5 Å². The van der Waals surface area contributed by atoms with Gasteiger partial charge in [-0.3, -0.25) is 0 Å². The van der Waals surface area contributed by atoms with Gasteiger partial charge in [0, 0.05) is 6.54 Å². The van der Waals surface area contributed by atoms with Crippen molar-refractivity contribution in [2.75, 3.05) is 26.2 Å². The Bertz CT molecular complexity index is 163. The van der Waals surface area contributed by atoms with Crippen LogP contribution < -0.4 is 10.6 Å². The van der Waals surface area contributed by atoms with Crippen LogP contribution in [-0.2, 0) is 0 Å². The molecule has 90 valence electrons. The molecule has 1 fully saturated rings. The van der Waals surface area contributed by atoms with Crippen LogP contribution in [0.15, 0.2) is 0 Å². The van der Waals surface area contributed by atoms with E-state index < -0.39 is 5.60 Å². The van der Waals surface area contributed by atoms with Crippen LogP contribution in [0.4, 0.5) is 0 Å². The average molecular weight is 214 g/mol. The first-order valence-electron chi connectivity index (χ1n) is 6.34. The summed E-state index contributed by atoms with van der Waals surface area (Å²) in [7, 11) is 0. The van der Waals surface area contributed by atoms with Crippen molar-refractivity contribution in [3.05, 3.63) is 0 Å². The summed E-state index contributed by atoms with van der Waals surface area (Å²) in [6.45, 7) is 8.17. The number of nitrogens with one attached hydrogen (secondary N) is 2. The topological polar surface area (TPSA) is 44.3 Å². The molecular formula is C12H26N2O. The molecule has 3 heteroatoms. The van der Waals surface area contributed by atoms with Crippen LogP contribution in [0.2, 0.25) is 0 Å². The lowest BCUT2D eigenvalue weighted by Gasteiger charge is -2.28. The molecule has 1 aliphatic rings. The van der Waals surface area contributed by atoms with Crippen molar-refractivity contribution in [1.82, 2.24) is 10.6 Å². The van der Waals surface area contributed by atoms with Gasteiger partial charge >= 0.3 is 0 Å². The maximum absolute atomic E-state index is 10.1. The van der Waals surface area contributed by atoms with Gasteiger partial charge in [0.1, 0.15) is 0 Å². The molecule has 3 nitrogen and oxygen atoms in total. The SMILES string of the molecule is CCC(O)(CC)CNCC1CCCNC1. The fourth-order valence-electron chi connectivity index (χ4n) is 2.11. The van der Waals surface area contributed by atoms with Crippen molar-refractivity contribution in [2.45, 2.75) is 45.1 Å². The summed E-state index contributed by atoms with van der Waals surface area (Å²) in [5.41, 5.74) is -0.498. The number of hydrogen-bond donors (Lipinski definition) is 3. The van der Waals surface area contributed by atoms with E-state index in [4.69, 9.17) is 0 Å². The summed E-state index contributed by atoms with van der Waals surface area (Å²) in [4.78, 5) is 0. The zero-order valence-electron chi connectivity index (χ0n) is 10.2. The third kappa shape index (κ3) is 4.49. The summed E-state index contributed by atoms with van der Waals surface area (Å²) in [5, 5.41) is 16.9. The van der Waals surface area contributed by atoms with E-state index in [1.807, 2.05) is 13.8 Å². The largest absolute Gasteiger partial charge is 0.389 e. The maximum atomic E-state index is 10.1. The summed E-state index contributed by atoms with van der Waals surface area (Å²) < 4.78 is 0. The lowest BCUT2D eigenvalue weighted by molar-refractivity contribution is 0.0316.